The topological polar surface area (TPSA) is 25.2 Å². The molecule has 0 aliphatic carbocycles. The molecule has 0 unspecified atom stereocenters. The molecule has 3 heteroatoms. The molecule has 0 bridgehead atoms. The van der Waals surface area contributed by atoms with Crippen LogP contribution in [0.1, 0.15) is 5.56 Å². The first-order chi connectivity index (χ1) is 4.84. The fourth-order valence-corrected chi connectivity index (χ4v) is 1.15. The third-order valence-corrected chi connectivity index (χ3v) is 2.03. The Morgan fingerprint density at radius 2 is 2.40 bits per heavy atom. The third kappa shape index (κ3) is 1.85. The molecule has 0 aliphatic rings. The van der Waals surface area contributed by atoms with Crippen molar-refractivity contribution in [2.24, 2.45) is 0 Å². The molecule has 0 saturated heterocycles. The van der Waals surface area contributed by atoms with Gasteiger partial charge in [0.1, 0.15) is 6.26 Å². The van der Waals surface area contributed by atoms with Crippen LogP contribution in [0.4, 0.5) is 0 Å². The Kier molecular flexibility index (Phi) is 2.96. The van der Waals surface area contributed by atoms with Crippen LogP contribution in [0, 0.1) is 0 Å². The zero-order chi connectivity index (χ0) is 7.40. The number of likely N-dealkylation sites (N-methyl/N-ethyl adjacent to an activating group) is 1. The molecule has 56 valence electrons. The quantitative estimate of drug-likeness (QED) is 0.812. The van der Waals surface area contributed by atoms with E-state index in [4.69, 9.17) is 4.42 Å². The summed E-state index contributed by atoms with van der Waals surface area (Å²) in [5.74, 6) is 0. The van der Waals surface area contributed by atoms with Gasteiger partial charge >= 0.3 is 0 Å². The number of hydrogen-bond acceptors (Lipinski definition) is 2. The van der Waals surface area contributed by atoms with Crippen molar-refractivity contribution in [2.75, 3.05) is 13.6 Å². The molecule has 0 saturated carbocycles. The van der Waals surface area contributed by atoms with Crippen LogP contribution >= 0.6 is 15.9 Å². The molecule has 0 radical (unpaired) electrons. The highest BCUT2D eigenvalue weighted by atomic mass is 79.9. The molecule has 0 fully saturated rings. The molecule has 1 aromatic rings. The van der Waals surface area contributed by atoms with E-state index >= 15 is 0 Å². The fraction of sp³-hybridized carbons (Fsp3) is 0.429. The van der Waals surface area contributed by atoms with Crippen molar-refractivity contribution in [1.29, 1.82) is 0 Å². The summed E-state index contributed by atoms with van der Waals surface area (Å²) in [6.07, 6.45) is 4.47. The van der Waals surface area contributed by atoms with Gasteiger partial charge < -0.3 is 9.73 Å². The Morgan fingerprint density at radius 3 is 2.90 bits per heavy atom. The van der Waals surface area contributed by atoms with E-state index in [2.05, 4.69) is 21.2 Å². The minimum Gasteiger partial charge on any atom is -0.471 e. The summed E-state index contributed by atoms with van der Waals surface area (Å²) >= 11 is 3.37. The molecule has 0 spiro atoms. The molecule has 2 nitrogen and oxygen atoms in total. The molecular formula is C7H10BrNO. The Balaban J connectivity index is 2.49. The number of halogens is 1. The van der Waals surface area contributed by atoms with Crippen LogP contribution in [0.15, 0.2) is 21.4 Å². The molecule has 1 aromatic heterocycles. The zero-order valence-corrected chi connectivity index (χ0v) is 7.44. The SMILES string of the molecule is CNCCc1cocc1Br. The predicted octanol–water partition coefficient (Wildman–Crippen LogP) is 1.80. The third-order valence-electron chi connectivity index (χ3n) is 1.33. The highest BCUT2D eigenvalue weighted by molar-refractivity contribution is 9.10. The smallest absolute Gasteiger partial charge is 0.105 e. The normalized spacial score (nSPS) is 10.2. The van der Waals surface area contributed by atoms with Gasteiger partial charge in [0.25, 0.3) is 0 Å². The summed E-state index contributed by atoms with van der Waals surface area (Å²) in [7, 11) is 1.94. The lowest BCUT2D eigenvalue weighted by molar-refractivity contribution is 0.562. The average molecular weight is 204 g/mol. The van der Waals surface area contributed by atoms with Gasteiger partial charge in [-0.2, -0.15) is 0 Å². The first-order valence-corrected chi connectivity index (χ1v) is 3.99. The molecule has 1 rings (SSSR count). The fourth-order valence-electron chi connectivity index (χ4n) is 0.746. The van der Waals surface area contributed by atoms with E-state index in [0.717, 1.165) is 17.4 Å². The van der Waals surface area contributed by atoms with E-state index in [9.17, 15) is 0 Å². The standard InChI is InChI=1S/C7H10BrNO/c1-9-3-2-6-4-10-5-7(6)8/h4-5,9H,2-3H2,1H3. The van der Waals surface area contributed by atoms with Crippen molar-refractivity contribution in [3.05, 3.63) is 22.6 Å². The van der Waals surface area contributed by atoms with E-state index < -0.39 is 0 Å². The minimum atomic E-state index is 0.984. The number of rotatable bonds is 3. The van der Waals surface area contributed by atoms with E-state index in [1.165, 1.54) is 5.56 Å². The highest BCUT2D eigenvalue weighted by Crippen LogP contribution is 2.17. The Morgan fingerprint density at radius 1 is 1.60 bits per heavy atom. The van der Waals surface area contributed by atoms with Gasteiger partial charge in [-0.3, -0.25) is 0 Å². The van der Waals surface area contributed by atoms with Gasteiger partial charge in [-0.25, -0.2) is 0 Å². The lowest BCUT2D eigenvalue weighted by atomic mass is 10.2. The van der Waals surface area contributed by atoms with Crippen LogP contribution in [0.25, 0.3) is 0 Å². The molecular weight excluding hydrogens is 194 g/mol. The highest BCUT2D eigenvalue weighted by Gasteiger charge is 1.99. The van der Waals surface area contributed by atoms with Crippen LogP contribution in [-0.4, -0.2) is 13.6 Å². The van der Waals surface area contributed by atoms with Crippen LogP contribution in [0.3, 0.4) is 0 Å². The lowest BCUT2D eigenvalue weighted by Crippen LogP contribution is -2.09. The Bertz CT molecular complexity index is 197. The van der Waals surface area contributed by atoms with Crippen molar-refractivity contribution in [3.63, 3.8) is 0 Å². The molecule has 1 heterocycles. The van der Waals surface area contributed by atoms with Crippen LogP contribution in [0.5, 0.6) is 0 Å². The molecule has 0 aliphatic heterocycles. The lowest BCUT2D eigenvalue weighted by Gasteiger charge is -1.94. The summed E-state index contributed by atoms with van der Waals surface area (Å²) in [5, 5.41) is 3.07. The summed E-state index contributed by atoms with van der Waals surface area (Å²) in [6.45, 7) is 0.984. The Hall–Kier alpha value is -0.280. The van der Waals surface area contributed by atoms with E-state index in [1.807, 2.05) is 7.05 Å². The summed E-state index contributed by atoms with van der Waals surface area (Å²) in [5.41, 5.74) is 1.22. The molecule has 0 aromatic carbocycles. The largest absolute Gasteiger partial charge is 0.471 e. The maximum absolute atomic E-state index is 4.97. The second-order valence-electron chi connectivity index (χ2n) is 2.10. The monoisotopic (exact) mass is 203 g/mol. The van der Waals surface area contributed by atoms with Gasteiger partial charge in [0.05, 0.1) is 10.7 Å². The molecule has 0 atom stereocenters. The van der Waals surface area contributed by atoms with Gasteiger partial charge in [-0.15, -0.1) is 0 Å². The van der Waals surface area contributed by atoms with Gasteiger partial charge in [-0.05, 0) is 35.9 Å². The van der Waals surface area contributed by atoms with Crippen LogP contribution < -0.4 is 5.32 Å². The second kappa shape index (κ2) is 3.78. The van der Waals surface area contributed by atoms with Crippen LogP contribution in [0.2, 0.25) is 0 Å². The van der Waals surface area contributed by atoms with Crippen molar-refractivity contribution in [1.82, 2.24) is 5.32 Å². The maximum atomic E-state index is 4.97. The van der Waals surface area contributed by atoms with Crippen molar-refractivity contribution in [2.45, 2.75) is 6.42 Å². The summed E-state index contributed by atoms with van der Waals surface area (Å²) in [4.78, 5) is 0. The number of hydrogen-bond donors (Lipinski definition) is 1. The zero-order valence-electron chi connectivity index (χ0n) is 5.86. The minimum absolute atomic E-state index is 0.984. The Labute approximate surface area is 68.7 Å². The molecule has 1 N–H and O–H groups in total. The van der Waals surface area contributed by atoms with Crippen LogP contribution in [-0.2, 0) is 6.42 Å². The van der Waals surface area contributed by atoms with Gasteiger partial charge in [-0.1, -0.05) is 0 Å². The van der Waals surface area contributed by atoms with E-state index in [0.29, 0.717) is 0 Å². The number of nitrogens with one attached hydrogen (secondary N) is 1. The number of furan rings is 1. The van der Waals surface area contributed by atoms with Crippen molar-refractivity contribution >= 4 is 15.9 Å². The van der Waals surface area contributed by atoms with E-state index in [1.54, 1.807) is 12.5 Å². The summed E-state index contributed by atoms with van der Waals surface area (Å²) < 4.78 is 6.03. The second-order valence-corrected chi connectivity index (χ2v) is 2.95. The first-order valence-electron chi connectivity index (χ1n) is 3.19. The molecule has 10 heavy (non-hydrogen) atoms. The van der Waals surface area contributed by atoms with E-state index in [-0.39, 0.29) is 0 Å². The first kappa shape index (κ1) is 7.82. The molecule has 0 amide bonds. The average Bonchev–Trinajstić information content (AvgIpc) is 2.31. The van der Waals surface area contributed by atoms with Gasteiger partial charge in [0.2, 0.25) is 0 Å². The van der Waals surface area contributed by atoms with Gasteiger partial charge in [0.15, 0.2) is 0 Å². The van der Waals surface area contributed by atoms with Crippen molar-refractivity contribution in [3.8, 4) is 0 Å². The predicted molar refractivity (Wildman–Crippen MR) is 44.0 cm³/mol. The van der Waals surface area contributed by atoms with Gasteiger partial charge in [0, 0.05) is 5.56 Å². The maximum Gasteiger partial charge on any atom is 0.105 e. The van der Waals surface area contributed by atoms with Crippen molar-refractivity contribution < 1.29 is 4.42 Å². The summed E-state index contributed by atoms with van der Waals surface area (Å²) in [6, 6.07) is 0.